The van der Waals surface area contributed by atoms with Gasteiger partial charge in [0.15, 0.2) is 0 Å². The van der Waals surface area contributed by atoms with Crippen molar-refractivity contribution in [3.63, 3.8) is 0 Å². The van der Waals surface area contributed by atoms with Crippen LogP contribution >= 0.6 is 0 Å². The third-order valence-corrected chi connectivity index (χ3v) is 2.65. The van der Waals surface area contributed by atoms with E-state index in [1.807, 2.05) is 12.4 Å². The van der Waals surface area contributed by atoms with Crippen molar-refractivity contribution in [1.82, 2.24) is 5.48 Å². The first-order valence-corrected chi connectivity index (χ1v) is 7.27. The average molecular weight is 261 g/mol. The number of hydroxylamine groups is 1. The van der Waals surface area contributed by atoms with Crippen LogP contribution in [0.5, 0.6) is 0 Å². The molecule has 0 atom stereocenters. The smallest absolute Gasteiger partial charge is 0.303 e. The molecule has 0 spiro atoms. The van der Waals surface area contributed by atoms with E-state index in [0.29, 0.717) is 13.0 Å². The molecule has 0 saturated heterocycles. The summed E-state index contributed by atoms with van der Waals surface area (Å²) in [6, 6.07) is 0. The summed E-state index contributed by atoms with van der Waals surface area (Å²) < 4.78 is 0. The lowest BCUT2D eigenvalue weighted by Gasteiger charge is -2.00. The van der Waals surface area contributed by atoms with Gasteiger partial charge >= 0.3 is 5.97 Å². The maximum Gasteiger partial charge on any atom is 0.303 e. The molecule has 0 aliphatic rings. The summed E-state index contributed by atoms with van der Waals surface area (Å²) in [4.78, 5) is 10.2. The molecule has 0 heterocycles. The summed E-state index contributed by atoms with van der Waals surface area (Å²) in [7, 11) is 0. The number of aliphatic carboxylic acids is 1. The molecule has 0 aromatic carbocycles. The highest BCUT2D eigenvalue weighted by Crippen LogP contribution is 2.10. The maximum absolute atomic E-state index is 10.2. The number of unbranched alkanes of at least 4 members (excludes halogenated alkanes) is 8. The molecule has 0 amide bonds. The van der Waals surface area contributed by atoms with Crippen molar-refractivity contribution >= 4 is 5.97 Å². The van der Waals surface area contributed by atoms with Gasteiger partial charge in [0.2, 0.25) is 0 Å². The van der Waals surface area contributed by atoms with E-state index < -0.39 is 5.97 Å². The summed E-state index contributed by atoms with van der Waals surface area (Å²) >= 11 is 0. The lowest BCUT2D eigenvalue weighted by atomic mass is 10.1. The SMILES string of the molecule is CCCCCCCCCCCC(=O)O.CCNO. The number of hydrogen-bond donors (Lipinski definition) is 3. The van der Waals surface area contributed by atoms with Crippen LogP contribution < -0.4 is 5.48 Å². The van der Waals surface area contributed by atoms with Gasteiger partial charge in [-0.1, -0.05) is 65.2 Å². The minimum atomic E-state index is -0.659. The highest BCUT2D eigenvalue weighted by molar-refractivity contribution is 5.66. The van der Waals surface area contributed by atoms with Crippen molar-refractivity contribution in [3.8, 4) is 0 Å². The molecule has 4 nitrogen and oxygen atoms in total. The Morgan fingerprint density at radius 2 is 1.28 bits per heavy atom. The zero-order valence-electron chi connectivity index (χ0n) is 12.1. The number of carboxylic acid groups (broad SMARTS) is 1. The fourth-order valence-electron chi connectivity index (χ4n) is 1.59. The fraction of sp³-hybridized carbons (Fsp3) is 0.929. The Morgan fingerprint density at radius 3 is 1.61 bits per heavy atom. The Hall–Kier alpha value is -0.610. The van der Waals surface area contributed by atoms with Crippen LogP contribution in [0, 0.1) is 0 Å². The Morgan fingerprint density at radius 1 is 0.889 bits per heavy atom. The second-order valence-electron chi connectivity index (χ2n) is 4.48. The van der Waals surface area contributed by atoms with Crippen molar-refractivity contribution in [2.45, 2.75) is 78.1 Å². The normalized spacial score (nSPS) is 9.72. The number of carbonyl (C=O) groups is 1. The summed E-state index contributed by atoms with van der Waals surface area (Å²) in [5, 5.41) is 16.0. The molecule has 0 unspecified atom stereocenters. The van der Waals surface area contributed by atoms with Crippen LogP contribution in [0.25, 0.3) is 0 Å². The van der Waals surface area contributed by atoms with E-state index in [2.05, 4.69) is 6.92 Å². The van der Waals surface area contributed by atoms with Gasteiger partial charge in [0, 0.05) is 13.0 Å². The third kappa shape index (κ3) is 24.6. The summed E-state index contributed by atoms with van der Waals surface area (Å²) in [6.07, 6.45) is 11.5. The molecular weight excluding hydrogens is 230 g/mol. The number of hydrogen-bond acceptors (Lipinski definition) is 3. The number of rotatable bonds is 11. The first kappa shape index (κ1) is 19.7. The zero-order valence-corrected chi connectivity index (χ0v) is 12.1. The fourth-order valence-corrected chi connectivity index (χ4v) is 1.59. The van der Waals surface area contributed by atoms with Gasteiger partial charge in [-0.25, -0.2) is 5.48 Å². The Balaban J connectivity index is 0. The Bertz CT molecular complexity index is 161. The molecule has 18 heavy (non-hydrogen) atoms. The van der Waals surface area contributed by atoms with Crippen molar-refractivity contribution in [2.24, 2.45) is 0 Å². The number of nitrogens with one attached hydrogen (secondary N) is 1. The molecule has 0 aliphatic carbocycles. The second-order valence-corrected chi connectivity index (χ2v) is 4.48. The lowest BCUT2D eigenvalue weighted by molar-refractivity contribution is -0.137. The van der Waals surface area contributed by atoms with Crippen molar-refractivity contribution < 1.29 is 15.1 Å². The van der Waals surface area contributed by atoms with Crippen LogP contribution in [0.4, 0.5) is 0 Å². The highest BCUT2D eigenvalue weighted by Gasteiger charge is 1.96. The largest absolute Gasteiger partial charge is 0.481 e. The molecule has 0 aromatic rings. The standard InChI is InChI=1S/C12H24O2.C2H7NO/c1-2-3-4-5-6-7-8-9-10-11-12(13)14;1-2-3-4/h2-11H2,1H3,(H,13,14);3-4H,2H2,1H3. The highest BCUT2D eigenvalue weighted by atomic mass is 16.5. The monoisotopic (exact) mass is 261 g/mol. The predicted octanol–water partition coefficient (Wildman–Crippen LogP) is 3.98. The van der Waals surface area contributed by atoms with Gasteiger partial charge in [-0.05, 0) is 6.42 Å². The van der Waals surface area contributed by atoms with Gasteiger partial charge in [0.05, 0.1) is 0 Å². The summed E-state index contributed by atoms with van der Waals surface area (Å²) in [5.74, 6) is -0.659. The number of carboxylic acids is 1. The van der Waals surface area contributed by atoms with Crippen molar-refractivity contribution in [3.05, 3.63) is 0 Å². The molecule has 4 heteroatoms. The van der Waals surface area contributed by atoms with Gasteiger partial charge in [0.25, 0.3) is 0 Å². The van der Waals surface area contributed by atoms with Gasteiger partial charge in [-0.2, -0.15) is 0 Å². The van der Waals surface area contributed by atoms with Crippen molar-refractivity contribution in [1.29, 1.82) is 0 Å². The molecule has 0 fully saturated rings. The minimum absolute atomic E-state index is 0.343. The van der Waals surface area contributed by atoms with Crippen LogP contribution in [0.2, 0.25) is 0 Å². The van der Waals surface area contributed by atoms with E-state index in [4.69, 9.17) is 10.3 Å². The molecule has 0 radical (unpaired) electrons. The second kappa shape index (κ2) is 18.7. The van der Waals surface area contributed by atoms with Gasteiger partial charge < -0.3 is 10.3 Å². The van der Waals surface area contributed by atoms with E-state index in [0.717, 1.165) is 12.8 Å². The van der Waals surface area contributed by atoms with E-state index >= 15 is 0 Å². The maximum atomic E-state index is 10.2. The molecule has 0 aromatic heterocycles. The summed E-state index contributed by atoms with van der Waals surface area (Å²) in [6.45, 7) is 4.67. The minimum Gasteiger partial charge on any atom is -0.481 e. The summed E-state index contributed by atoms with van der Waals surface area (Å²) in [5.41, 5.74) is 1.93. The van der Waals surface area contributed by atoms with Gasteiger partial charge in [-0.15, -0.1) is 0 Å². The van der Waals surface area contributed by atoms with Gasteiger partial charge in [-0.3, -0.25) is 4.79 Å². The van der Waals surface area contributed by atoms with Crippen LogP contribution in [-0.4, -0.2) is 22.8 Å². The molecule has 0 bridgehead atoms. The van der Waals surface area contributed by atoms with E-state index in [-0.39, 0.29) is 0 Å². The van der Waals surface area contributed by atoms with E-state index in [1.165, 1.54) is 44.9 Å². The molecule has 0 aliphatic heterocycles. The van der Waals surface area contributed by atoms with E-state index in [9.17, 15) is 4.79 Å². The molecule has 0 saturated carbocycles. The van der Waals surface area contributed by atoms with Crippen LogP contribution in [0.15, 0.2) is 0 Å². The third-order valence-electron chi connectivity index (χ3n) is 2.65. The first-order chi connectivity index (χ1) is 8.68. The van der Waals surface area contributed by atoms with Crippen LogP contribution in [0.1, 0.15) is 78.1 Å². The molecular formula is C14H31NO3. The lowest BCUT2D eigenvalue weighted by Crippen LogP contribution is -2.02. The Kier molecular flexibility index (Phi) is 20.5. The van der Waals surface area contributed by atoms with Gasteiger partial charge in [0.1, 0.15) is 0 Å². The molecule has 110 valence electrons. The average Bonchev–Trinajstić information content (AvgIpc) is 2.37. The quantitative estimate of drug-likeness (QED) is 0.389. The topological polar surface area (TPSA) is 69.6 Å². The first-order valence-electron chi connectivity index (χ1n) is 7.27. The van der Waals surface area contributed by atoms with E-state index in [1.54, 1.807) is 0 Å². The van der Waals surface area contributed by atoms with Crippen molar-refractivity contribution in [2.75, 3.05) is 6.54 Å². The zero-order chi connectivity index (χ0) is 14.1. The Labute approximate surface area is 112 Å². The molecule has 3 N–H and O–H groups in total. The molecule has 0 rings (SSSR count). The van der Waals surface area contributed by atoms with Crippen LogP contribution in [0.3, 0.4) is 0 Å². The van der Waals surface area contributed by atoms with Crippen LogP contribution in [-0.2, 0) is 4.79 Å². The predicted molar refractivity (Wildman–Crippen MR) is 74.9 cm³/mol.